The molecule has 0 spiro atoms. The van der Waals surface area contributed by atoms with Gasteiger partial charge in [0.2, 0.25) is 0 Å². The van der Waals surface area contributed by atoms with E-state index in [2.05, 4.69) is 10.6 Å². The third-order valence-electron chi connectivity index (χ3n) is 4.08. The molecule has 26 heavy (non-hydrogen) atoms. The van der Waals surface area contributed by atoms with E-state index in [1.807, 2.05) is 0 Å². The van der Waals surface area contributed by atoms with Gasteiger partial charge in [-0.2, -0.15) is 0 Å². The number of nitrogens with zero attached hydrogens (tertiary/aromatic N) is 1. The number of rotatable bonds is 6. The molecule has 2 N–H and O–H groups in total. The average molecular weight is 376 g/mol. The largest absolute Gasteiger partial charge is 0.377 e. The van der Waals surface area contributed by atoms with Gasteiger partial charge < -0.3 is 15.4 Å². The minimum atomic E-state index is -0.506. The van der Waals surface area contributed by atoms with Crippen molar-refractivity contribution in [2.45, 2.75) is 18.9 Å². The molecule has 8 heteroatoms. The summed E-state index contributed by atoms with van der Waals surface area (Å²) in [6, 6.07) is 11.0. The van der Waals surface area contributed by atoms with Gasteiger partial charge in [-0.1, -0.05) is 17.7 Å². The molecule has 1 heterocycles. The number of carbonyl (C=O) groups is 1. The Balaban J connectivity index is 1.74. The maximum Gasteiger partial charge on any atom is 0.293 e. The van der Waals surface area contributed by atoms with Crippen LogP contribution in [0.25, 0.3) is 0 Å². The topological polar surface area (TPSA) is 93.5 Å². The number of hydrogen-bond donors (Lipinski definition) is 2. The Morgan fingerprint density at radius 3 is 2.85 bits per heavy atom. The number of ether oxygens (including phenoxy) is 1. The molecule has 1 amide bonds. The van der Waals surface area contributed by atoms with Gasteiger partial charge in [0.05, 0.1) is 11.0 Å². The summed E-state index contributed by atoms with van der Waals surface area (Å²) >= 11 is 5.89. The molecule has 2 aromatic carbocycles. The highest BCUT2D eigenvalue weighted by atomic mass is 35.5. The first-order valence-electron chi connectivity index (χ1n) is 8.24. The van der Waals surface area contributed by atoms with E-state index in [4.69, 9.17) is 16.3 Å². The molecule has 136 valence electrons. The molecule has 1 saturated heterocycles. The van der Waals surface area contributed by atoms with Gasteiger partial charge in [0, 0.05) is 35.5 Å². The minimum absolute atomic E-state index is 0.0559. The lowest BCUT2D eigenvalue weighted by Crippen LogP contribution is -2.19. The van der Waals surface area contributed by atoms with E-state index >= 15 is 0 Å². The summed E-state index contributed by atoms with van der Waals surface area (Å²) in [5.41, 5.74) is 0.927. The molecule has 0 aliphatic carbocycles. The number of nitro benzene ring substituents is 1. The number of nitro groups is 1. The molecule has 7 nitrogen and oxygen atoms in total. The van der Waals surface area contributed by atoms with Crippen LogP contribution in [0.3, 0.4) is 0 Å². The first kappa shape index (κ1) is 18.2. The molecule has 1 aliphatic rings. The minimum Gasteiger partial charge on any atom is -0.377 e. The quantitative estimate of drug-likeness (QED) is 0.585. The first-order chi connectivity index (χ1) is 12.5. The van der Waals surface area contributed by atoms with Crippen LogP contribution in [0.2, 0.25) is 5.02 Å². The molecule has 0 saturated carbocycles. The predicted molar refractivity (Wildman–Crippen MR) is 100.0 cm³/mol. The Hall–Kier alpha value is -2.64. The van der Waals surface area contributed by atoms with E-state index in [1.54, 1.807) is 36.4 Å². The number of hydrogen-bond acceptors (Lipinski definition) is 5. The molecular formula is C18H18ClN3O4. The Kier molecular flexibility index (Phi) is 5.70. The molecule has 1 unspecified atom stereocenters. The monoisotopic (exact) mass is 375 g/mol. The fourth-order valence-corrected chi connectivity index (χ4v) is 2.96. The Bertz CT molecular complexity index is 822. The second-order valence-corrected chi connectivity index (χ2v) is 6.41. The van der Waals surface area contributed by atoms with E-state index < -0.39 is 10.8 Å². The van der Waals surface area contributed by atoms with E-state index in [0.717, 1.165) is 19.4 Å². The van der Waals surface area contributed by atoms with Crippen LogP contribution in [0.1, 0.15) is 23.2 Å². The van der Waals surface area contributed by atoms with Gasteiger partial charge in [0.15, 0.2) is 0 Å². The van der Waals surface area contributed by atoms with Crippen LogP contribution in [-0.4, -0.2) is 30.1 Å². The van der Waals surface area contributed by atoms with Crippen molar-refractivity contribution < 1.29 is 14.5 Å². The van der Waals surface area contributed by atoms with Gasteiger partial charge in [-0.05, 0) is 43.2 Å². The zero-order valence-corrected chi connectivity index (χ0v) is 14.7. The highest BCUT2D eigenvalue weighted by Crippen LogP contribution is 2.27. The molecule has 1 atom stereocenters. The normalized spacial score (nSPS) is 16.3. The van der Waals surface area contributed by atoms with Crippen molar-refractivity contribution >= 4 is 34.6 Å². The summed E-state index contributed by atoms with van der Waals surface area (Å²) in [5, 5.41) is 17.6. The summed E-state index contributed by atoms with van der Waals surface area (Å²) < 4.78 is 5.51. The second kappa shape index (κ2) is 8.16. The number of carbonyl (C=O) groups excluding carboxylic acids is 1. The van der Waals surface area contributed by atoms with Gasteiger partial charge in [0.25, 0.3) is 11.6 Å². The van der Waals surface area contributed by atoms with Crippen molar-refractivity contribution in [2.75, 3.05) is 23.8 Å². The fraction of sp³-hybridized carbons (Fsp3) is 0.278. The molecule has 1 fully saturated rings. The van der Waals surface area contributed by atoms with E-state index in [-0.39, 0.29) is 17.4 Å². The molecule has 0 bridgehead atoms. The van der Waals surface area contributed by atoms with Crippen LogP contribution in [0.15, 0.2) is 42.5 Å². The summed E-state index contributed by atoms with van der Waals surface area (Å²) in [7, 11) is 0. The molecule has 0 radical (unpaired) electrons. The average Bonchev–Trinajstić information content (AvgIpc) is 3.13. The van der Waals surface area contributed by atoms with Crippen molar-refractivity contribution in [1.29, 1.82) is 0 Å². The number of nitrogens with one attached hydrogen (secondary N) is 2. The van der Waals surface area contributed by atoms with Gasteiger partial charge >= 0.3 is 0 Å². The third-order valence-corrected chi connectivity index (χ3v) is 4.32. The maximum absolute atomic E-state index is 12.4. The van der Waals surface area contributed by atoms with Crippen molar-refractivity contribution in [3.8, 4) is 0 Å². The van der Waals surface area contributed by atoms with Crippen LogP contribution in [0.4, 0.5) is 17.1 Å². The number of amides is 1. The summed E-state index contributed by atoms with van der Waals surface area (Å²) in [6.45, 7) is 1.21. The number of benzene rings is 2. The molecule has 2 aromatic rings. The summed E-state index contributed by atoms with van der Waals surface area (Å²) in [6.07, 6.45) is 1.98. The van der Waals surface area contributed by atoms with Crippen molar-refractivity contribution in [3.63, 3.8) is 0 Å². The van der Waals surface area contributed by atoms with Crippen LogP contribution in [0.5, 0.6) is 0 Å². The van der Waals surface area contributed by atoms with Crippen LogP contribution < -0.4 is 10.6 Å². The van der Waals surface area contributed by atoms with Crippen molar-refractivity contribution in [3.05, 3.63) is 63.2 Å². The Morgan fingerprint density at radius 2 is 2.15 bits per heavy atom. The van der Waals surface area contributed by atoms with Gasteiger partial charge in [-0.15, -0.1) is 0 Å². The van der Waals surface area contributed by atoms with Gasteiger partial charge in [-0.3, -0.25) is 14.9 Å². The lowest BCUT2D eigenvalue weighted by molar-refractivity contribution is -0.384. The number of halogens is 1. The van der Waals surface area contributed by atoms with E-state index in [0.29, 0.717) is 22.9 Å². The zero-order valence-electron chi connectivity index (χ0n) is 13.9. The maximum atomic E-state index is 12.4. The van der Waals surface area contributed by atoms with Gasteiger partial charge in [0.1, 0.15) is 5.69 Å². The highest BCUT2D eigenvalue weighted by Gasteiger charge is 2.20. The SMILES string of the molecule is O=C(Nc1cccc(Cl)c1)c1ccc(NCC2CCCO2)c([N+](=O)[O-])c1. The Labute approximate surface area is 155 Å². The van der Waals surface area contributed by atoms with Crippen LogP contribution in [0, 0.1) is 10.1 Å². The zero-order chi connectivity index (χ0) is 18.5. The molecule has 0 aromatic heterocycles. The molecule has 1 aliphatic heterocycles. The predicted octanol–water partition coefficient (Wildman–Crippen LogP) is 4.09. The van der Waals surface area contributed by atoms with Gasteiger partial charge in [-0.25, -0.2) is 0 Å². The number of anilines is 2. The summed E-state index contributed by atoms with van der Waals surface area (Å²) in [4.78, 5) is 23.2. The van der Waals surface area contributed by atoms with Crippen LogP contribution >= 0.6 is 11.6 Å². The van der Waals surface area contributed by atoms with Crippen molar-refractivity contribution in [2.24, 2.45) is 0 Å². The lowest BCUT2D eigenvalue weighted by Gasteiger charge is -2.13. The second-order valence-electron chi connectivity index (χ2n) is 5.97. The Morgan fingerprint density at radius 1 is 1.31 bits per heavy atom. The smallest absolute Gasteiger partial charge is 0.293 e. The summed E-state index contributed by atoms with van der Waals surface area (Å²) in [5.74, 6) is -0.443. The lowest BCUT2D eigenvalue weighted by atomic mass is 10.1. The van der Waals surface area contributed by atoms with Crippen molar-refractivity contribution in [1.82, 2.24) is 0 Å². The molecule has 3 rings (SSSR count). The first-order valence-corrected chi connectivity index (χ1v) is 8.61. The van der Waals surface area contributed by atoms with E-state index in [9.17, 15) is 14.9 Å². The fourth-order valence-electron chi connectivity index (χ4n) is 2.77. The van der Waals surface area contributed by atoms with E-state index in [1.165, 1.54) is 6.07 Å². The standard InChI is InChI=1S/C18H18ClN3O4/c19-13-3-1-4-14(10-13)21-18(23)12-6-7-16(17(9-12)22(24)25)20-11-15-5-2-8-26-15/h1,3-4,6-7,9-10,15,20H,2,5,8,11H2,(H,21,23). The molecular weight excluding hydrogens is 358 g/mol. The van der Waals surface area contributed by atoms with Crippen LogP contribution in [-0.2, 0) is 4.74 Å². The third kappa shape index (κ3) is 4.50. The highest BCUT2D eigenvalue weighted by molar-refractivity contribution is 6.31.